The first-order valence-electron chi connectivity index (χ1n) is 4.93. The second kappa shape index (κ2) is 4.98. The van der Waals surface area contributed by atoms with Crippen LogP contribution in [0.2, 0.25) is 0 Å². The van der Waals surface area contributed by atoms with Crippen LogP contribution in [0, 0.1) is 6.92 Å². The molecule has 0 saturated heterocycles. The van der Waals surface area contributed by atoms with Crippen molar-refractivity contribution in [1.82, 2.24) is 0 Å². The zero-order chi connectivity index (χ0) is 10.6. The third kappa shape index (κ3) is 2.72. The Balaban J connectivity index is 2.78. The Hall–Kier alpha value is -1.06. The molecule has 0 atom stereocenters. The Morgan fingerprint density at radius 2 is 2.07 bits per heavy atom. The minimum absolute atomic E-state index is 0.748. The summed E-state index contributed by atoms with van der Waals surface area (Å²) in [5.74, 6) is 5.68. The number of nitrogens with zero attached hydrogens (tertiary/aromatic N) is 1. The van der Waals surface area contributed by atoms with Gasteiger partial charge in [-0.15, -0.1) is 0 Å². The molecule has 0 heterocycles. The van der Waals surface area contributed by atoms with Crippen LogP contribution < -0.4 is 16.6 Å². The maximum absolute atomic E-state index is 5.68. The van der Waals surface area contributed by atoms with E-state index in [0.29, 0.717) is 0 Å². The number of hydrogen-bond donors (Lipinski definition) is 2. The number of aryl methyl sites for hydroxylation is 2. The van der Waals surface area contributed by atoms with Gasteiger partial charge in [0.2, 0.25) is 0 Å². The number of benzene rings is 1. The van der Waals surface area contributed by atoms with Crippen LogP contribution in [0.1, 0.15) is 17.5 Å². The maximum Gasteiger partial charge on any atom is 0.0543 e. The molecule has 0 unspecified atom stereocenters. The fraction of sp³-hybridized carbons (Fsp3) is 0.455. The van der Waals surface area contributed by atoms with Gasteiger partial charge in [0.1, 0.15) is 0 Å². The molecule has 0 saturated carbocycles. The van der Waals surface area contributed by atoms with Crippen molar-refractivity contribution in [3.8, 4) is 0 Å². The lowest BCUT2D eigenvalue weighted by Crippen LogP contribution is -2.25. The predicted octanol–water partition coefficient (Wildman–Crippen LogP) is 1.20. The van der Waals surface area contributed by atoms with Crippen LogP contribution in [0.4, 0.5) is 5.69 Å². The summed E-state index contributed by atoms with van der Waals surface area (Å²) in [6, 6.07) is 6.34. The molecule has 78 valence electrons. The lowest BCUT2D eigenvalue weighted by atomic mass is 10.1. The molecule has 0 bridgehead atoms. The molecule has 0 aliphatic heterocycles. The molecule has 1 rings (SSSR count). The minimum Gasteiger partial charge on any atom is -0.330 e. The van der Waals surface area contributed by atoms with E-state index in [1.807, 2.05) is 7.05 Å². The van der Waals surface area contributed by atoms with E-state index in [0.717, 1.165) is 25.1 Å². The van der Waals surface area contributed by atoms with Gasteiger partial charge in [-0.2, -0.15) is 0 Å². The average molecular weight is 193 g/mol. The van der Waals surface area contributed by atoms with Gasteiger partial charge in [-0.3, -0.25) is 0 Å². The Labute approximate surface area is 85.7 Å². The van der Waals surface area contributed by atoms with E-state index < -0.39 is 0 Å². The van der Waals surface area contributed by atoms with Crippen molar-refractivity contribution in [3.05, 3.63) is 29.3 Å². The third-order valence-corrected chi connectivity index (χ3v) is 2.31. The highest BCUT2D eigenvalue weighted by molar-refractivity contribution is 5.52. The van der Waals surface area contributed by atoms with E-state index in [1.165, 1.54) is 11.1 Å². The van der Waals surface area contributed by atoms with Crippen molar-refractivity contribution >= 4 is 5.69 Å². The van der Waals surface area contributed by atoms with E-state index in [-0.39, 0.29) is 0 Å². The Bertz CT molecular complexity index is 295. The Morgan fingerprint density at radius 3 is 2.57 bits per heavy atom. The molecule has 3 nitrogen and oxygen atoms in total. The normalized spacial score (nSPS) is 10.3. The lowest BCUT2D eigenvalue weighted by molar-refractivity contribution is 0.831. The van der Waals surface area contributed by atoms with Crippen LogP contribution in [0.25, 0.3) is 0 Å². The molecule has 1 aromatic rings. The van der Waals surface area contributed by atoms with Crippen LogP contribution in [-0.2, 0) is 6.42 Å². The maximum atomic E-state index is 5.68. The van der Waals surface area contributed by atoms with Gasteiger partial charge < -0.3 is 10.7 Å². The highest BCUT2D eigenvalue weighted by Crippen LogP contribution is 2.18. The number of hydrogen-bond acceptors (Lipinski definition) is 3. The smallest absolute Gasteiger partial charge is 0.0543 e. The molecule has 0 fully saturated rings. The predicted molar refractivity (Wildman–Crippen MR) is 61.1 cm³/mol. The van der Waals surface area contributed by atoms with Crippen molar-refractivity contribution in [1.29, 1.82) is 0 Å². The van der Waals surface area contributed by atoms with Crippen molar-refractivity contribution < 1.29 is 0 Å². The van der Waals surface area contributed by atoms with Gasteiger partial charge >= 0.3 is 0 Å². The third-order valence-electron chi connectivity index (χ3n) is 2.31. The second-order valence-electron chi connectivity index (χ2n) is 3.62. The summed E-state index contributed by atoms with van der Waals surface area (Å²) in [5.41, 5.74) is 9.08. The molecule has 0 radical (unpaired) electrons. The quantitative estimate of drug-likeness (QED) is 0.558. The first-order chi connectivity index (χ1) is 6.65. The van der Waals surface area contributed by atoms with Crippen molar-refractivity contribution in [2.24, 2.45) is 11.6 Å². The summed E-state index contributed by atoms with van der Waals surface area (Å²) >= 11 is 0. The van der Waals surface area contributed by atoms with E-state index in [2.05, 4.69) is 25.1 Å². The monoisotopic (exact) mass is 193 g/mol. The molecular weight excluding hydrogens is 174 g/mol. The number of nitrogens with two attached hydrogens (primary N) is 2. The van der Waals surface area contributed by atoms with Gasteiger partial charge in [-0.1, -0.05) is 12.1 Å². The first-order valence-corrected chi connectivity index (χ1v) is 4.93. The van der Waals surface area contributed by atoms with E-state index >= 15 is 0 Å². The lowest BCUT2D eigenvalue weighted by Gasteiger charge is -2.15. The number of hydrazine groups is 1. The van der Waals surface area contributed by atoms with E-state index in [9.17, 15) is 0 Å². The van der Waals surface area contributed by atoms with Crippen molar-refractivity contribution in [2.75, 3.05) is 18.6 Å². The summed E-state index contributed by atoms with van der Waals surface area (Å²) in [7, 11) is 1.85. The van der Waals surface area contributed by atoms with Crippen molar-refractivity contribution in [2.45, 2.75) is 19.8 Å². The van der Waals surface area contributed by atoms with E-state index in [4.69, 9.17) is 11.6 Å². The largest absolute Gasteiger partial charge is 0.330 e. The Morgan fingerprint density at radius 1 is 1.36 bits per heavy atom. The molecular formula is C11H19N3. The Kier molecular flexibility index (Phi) is 3.92. The molecule has 3 heteroatoms. The molecule has 0 aliphatic carbocycles. The molecule has 14 heavy (non-hydrogen) atoms. The van der Waals surface area contributed by atoms with Gasteiger partial charge in [0.05, 0.1) is 5.69 Å². The van der Waals surface area contributed by atoms with Gasteiger partial charge in [0, 0.05) is 7.05 Å². The van der Waals surface area contributed by atoms with E-state index in [1.54, 1.807) is 5.01 Å². The number of rotatable bonds is 4. The summed E-state index contributed by atoms with van der Waals surface area (Å²) in [6.45, 7) is 2.82. The molecule has 0 spiro atoms. The van der Waals surface area contributed by atoms with Crippen molar-refractivity contribution in [3.63, 3.8) is 0 Å². The topological polar surface area (TPSA) is 55.3 Å². The highest BCUT2D eigenvalue weighted by Gasteiger charge is 2.01. The summed E-state index contributed by atoms with van der Waals surface area (Å²) in [5, 5.41) is 1.64. The van der Waals surface area contributed by atoms with Crippen LogP contribution in [0.15, 0.2) is 18.2 Å². The first kappa shape index (κ1) is 11.0. The zero-order valence-electron chi connectivity index (χ0n) is 8.96. The highest BCUT2D eigenvalue weighted by atomic mass is 15.4. The summed E-state index contributed by atoms with van der Waals surface area (Å²) in [6.07, 6.45) is 2.09. The van der Waals surface area contributed by atoms with Gasteiger partial charge in [0.25, 0.3) is 0 Å². The molecule has 4 N–H and O–H groups in total. The summed E-state index contributed by atoms with van der Waals surface area (Å²) in [4.78, 5) is 0. The SMILES string of the molecule is Cc1cc(CCCN)ccc1N(C)N. The fourth-order valence-electron chi connectivity index (χ4n) is 1.57. The standard InChI is InChI=1S/C11H19N3/c1-9-8-10(4-3-7-12)5-6-11(9)14(2)13/h5-6,8H,3-4,7,12-13H2,1-2H3. The molecule has 0 aliphatic rings. The minimum atomic E-state index is 0.748. The summed E-state index contributed by atoms with van der Waals surface area (Å²) < 4.78 is 0. The number of anilines is 1. The fourth-order valence-corrected chi connectivity index (χ4v) is 1.57. The average Bonchev–Trinajstić information content (AvgIpc) is 2.14. The van der Waals surface area contributed by atoms with Crippen LogP contribution in [-0.4, -0.2) is 13.6 Å². The second-order valence-corrected chi connectivity index (χ2v) is 3.62. The van der Waals surface area contributed by atoms with Crippen LogP contribution >= 0.6 is 0 Å². The van der Waals surface area contributed by atoms with Gasteiger partial charge in [-0.05, 0) is 43.5 Å². The van der Waals surface area contributed by atoms with Gasteiger partial charge in [-0.25, -0.2) is 5.84 Å². The molecule has 0 aromatic heterocycles. The van der Waals surface area contributed by atoms with Crippen LogP contribution in [0.3, 0.4) is 0 Å². The van der Waals surface area contributed by atoms with Gasteiger partial charge in [0.15, 0.2) is 0 Å². The molecule has 1 aromatic carbocycles. The van der Waals surface area contributed by atoms with Crippen LogP contribution in [0.5, 0.6) is 0 Å². The molecule has 0 amide bonds. The zero-order valence-corrected chi connectivity index (χ0v) is 8.96.